The predicted octanol–water partition coefficient (Wildman–Crippen LogP) is 3.04. The molecule has 0 atom stereocenters. The maximum absolute atomic E-state index is 13.2. The maximum Gasteiger partial charge on any atom is 0.327 e. The fourth-order valence-electron chi connectivity index (χ4n) is 1.73. The molecule has 0 amide bonds. The molecule has 0 aliphatic heterocycles. The van der Waals surface area contributed by atoms with Crippen LogP contribution in [0, 0.1) is 11.2 Å². The summed E-state index contributed by atoms with van der Waals surface area (Å²) in [6.45, 7) is 3.77. The number of halogens is 1. The van der Waals surface area contributed by atoms with Gasteiger partial charge in [-0.05, 0) is 35.6 Å². The Bertz CT molecular complexity index is 464. The van der Waals surface area contributed by atoms with Crippen LogP contribution in [-0.4, -0.2) is 18.2 Å². The van der Waals surface area contributed by atoms with Gasteiger partial charge in [0.25, 0.3) is 0 Å². The number of hydrogen-bond donors (Lipinski definition) is 1. The molecule has 1 rings (SSSR count). The molecule has 0 saturated heterocycles. The average molecular weight is 252 g/mol. The van der Waals surface area contributed by atoms with Gasteiger partial charge in [-0.15, -0.1) is 0 Å². The van der Waals surface area contributed by atoms with E-state index in [-0.39, 0.29) is 11.2 Å². The van der Waals surface area contributed by atoms with Crippen molar-refractivity contribution >= 4 is 5.97 Å². The largest absolute Gasteiger partial charge is 0.496 e. The molecule has 0 unspecified atom stereocenters. The molecule has 1 aromatic carbocycles. The van der Waals surface area contributed by atoms with Gasteiger partial charge in [0, 0.05) is 6.08 Å². The van der Waals surface area contributed by atoms with E-state index in [4.69, 9.17) is 9.84 Å². The van der Waals surface area contributed by atoms with Crippen molar-refractivity contribution in [3.05, 3.63) is 41.7 Å². The Kier molecular flexibility index (Phi) is 4.48. The summed E-state index contributed by atoms with van der Waals surface area (Å²) < 4.78 is 18.4. The van der Waals surface area contributed by atoms with Crippen molar-refractivity contribution in [2.75, 3.05) is 7.11 Å². The highest BCUT2D eigenvalue weighted by Gasteiger charge is 2.18. The minimum Gasteiger partial charge on any atom is -0.496 e. The topological polar surface area (TPSA) is 46.5 Å². The van der Waals surface area contributed by atoms with Crippen molar-refractivity contribution in [2.45, 2.75) is 20.3 Å². The van der Waals surface area contributed by atoms with Gasteiger partial charge in [0.15, 0.2) is 0 Å². The number of carbonyl (C=O) groups is 1. The van der Waals surface area contributed by atoms with Crippen LogP contribution in [0.5, 0.6) is 5.75 Å². The van der Waals surface area contributed by atoms with Gasteiger partial charge in [0.05, 0.1) is 7.11 Å². The van der Waals surface area contributed by atoms with Crippen LogP contribution in [0.25, 0.3) is 0 Å². The number of benzene rings is 1. The zero-order valence-corrected chi connectivity index (χ0v) is 10.7. The molecule has 0 aromatic heterocycles. The van der Waals surface area contributed by atoms with E-state index >= 15 is 0 Å². The summed E-state index contributed by atoms with van der Waals surface area (Å²) in [5.74, 6) is -0.716. The first-order chi connectivity index (χ1) is 8.34. The lowest BCUT2D eigenvalue weighted by Gasteiger charge is -2.21. The van der Waals surface area contributed by atoms with Crippen molar-refractivity contribution < 1.29 is 19.0 Å². The van der Waals surface area contributed by atoms with Crippen molar-refractivity contribution in [3.8, 4) is 5.75 Å². The summed E-state index contributed by atoms with van der Waals surface area (Å²) in [4.78, 5) is 10.5. The number of carboxylic acid groups (broad SMARTS) is 1. The molecule has 18 heavy (non-hydrogen) atoms. The van der Waals surface area contributed by atoms with E-state index in [2.05, 4.69) is 0 Å². The molecular formula is C14H17FO3. The molecule has 0 saturated carbocycles. The molecule has 0 spiro atoms. The van der Waals surface area contributed by atoms with Gasteiger partial charge < -0.3 is 9.84 Å². The third-order valence-electron chi connectivity index (χ3n) is 2.57. The molecule has 1 N–H and O–H groups in total. The lowest BCUT2D eigenvalue weighted by Crippen LogP contribution is -2.13. The summed E-state index contributed by atoms with van der Waals surface area (Å²) >= 11 is 0. The minimum absolute atomic E-state index is 0.330. The Morgan fingerprint density at radius 3 is 2.72 bits per heavy atom. The second-order valence-corrected chi connectivity index (χ2v) is 4.79. The summed E-state index contributed by atoms with van der Waals surface area (Å²) in [6.07, 6.45) is 3.20. The van der Waals surface area contributed by atoms with Crippen LogP contribution in [0.1, 0.15) is 19.4 Å². The quantitative estimate of drug-likeness (QED) is 0.819. The summed E-state index contributed by atoms with van der Waals surface area (Å²) in [5, 5.41) is 8.62. The summed E-state index contributed by atoms with van der Waals surface area (Å²) in [6, 6.07) is 4.32. The number of ether oxygens (including phenoxy) is 1. The molecule has 0 aliphatic rings. The van der Waals surface area contributed by atoms with E-state index in [1.165, 1.54) is 19.2 Å². The Balaban J connectivity index is 2.95. The van der Waals surface area contributed by atoms with Gasteiger partial charge in [0.1, 0.15) is 11.6 Å². The van der Waals surface area contributed by atoms with Gasteiger partial charge in [0.2, 0.25) is 0 Å². The molecular weight excluding hydrogens is 235 g/mol. The van der Waals surface area contributed by atoms with E-state index in [1.807, 2.05) is 13.8 Å². The molecule has 0 heterocycles. The van der Waals surface area contributed by atoms with Crippen LogP contribution in [0.2, 0.25) is 0 Å². The highest BCUT2D eigenvalue weighted by molar-refractivity contribution is 5.79. The lowest BCUT2D eigenvalue weighted by atomic mass is 9.85. The first-order valence-electron chi connectivity index (χ1n) is 5.58. The van der Waals surface area contributed by atoms with E-state index in [1.54, 1.807) is 12.1 Å². The van der Waals surface area contributed by atoms with Crippen molar-refractivity contribution in [1.82, 2.24) is 0 Å². The fourth-order valence-corrected chi connectivity index (χ4v) is 1.73. The first kappa shape index (κ1) is 14.2. The van der Waals surface area contributed by atoms with Gasteiger partial charge in [-0.2, -0.15) is 0 Å². The van der Waals surface area contributed by atoms with Crippen LogP contribution in [0.15, 0.2) is 30.4 Å². The second kappa shape index (κ2) is 5.67. The van der Waals surface area contributed by atoms with Crippen LogP contribution in [0.4, 0.5) is 4.39 Å². The first-order valence-corrected chi connectivity index (χ1v) is 5.58. The zero-order chi connectivity index (χ0) is 13.8. The van der Waals surface area contributed by atoms with E-state index in [9.17, 15) is 9.18 Å². The van der Waals surface area contributed by atoms with Crippen molar-refractivity contribution in [1.29, 1.82) is 0 Å². The molecule has 1 aromatic rings. The number of hydrogen-bond acceptors (Lipinski definition) is 2. The van der Waals surface area contributed by atoms with Crippen LogP contribution < -0.4 is 4.74 Å². The highest BCUT2D eigenvalue weighted by atomic mass is 19.1. The summed E-state index contributed by atoms with van der Waals surface area (Å²) in [5.41, 5.74) is 0.331. The Labute approximate surface area is 106 Å². The third kappa shape index (κ3) is 4.20. The molecule has 4 heteroatoms. The summed E-state index contributed by atoms with van der Waals surface area (Å²) in [7, 11) is 1.52. The van der Waals surface area contributed by atoms with Gasteiger partial charge in [-0.25, -0.2) is 9.18 Å². The molecule has 0 radical (unpaired) electrons. The zero-order valence-electron chi connectivity index (χ0n) is 10.7. The van der Waals surface area contributed by atoms with E-state index in [0.717, 1.165) is 11.6 Å². The molecule has 0 bridgehead atoms. The van der Waals surface area contributed by atoms with Crippen LogP contribution >= 0.6 is 0 Å². The number of carboxylic acids is 1. The standard InChI is InChI=1S/C14H17FO3/c1-14(2,7-6-13(16)17)9-10-8-11(15)4-5-12(10)18-3/h4-8H,9H2,1-3H3,(H,16,17)/b7-6+. The molecule has 0 aliphatic carbocycles. The van der Waals surface area contributed by atoms with Gasteiger partial charge >= 0.3 is 5.97 Å². The number of allylic oxidation sites excluding steroid dienone is 1. The van der Waals surface area contributed by atoms with E-state index < -0.39 is 5.97 Å². The number of rotatable bonds is 5. The van der Waals surface area contributed by atoms with Gasteiger partial charge in [-0.3, -0.25) is 0 Å². The Morgan fingerprint density at radius 1 is 1.50 bits per heavy atom. The highest BCUT2D eigenvalue weighted by Crippen LogP contribution is 2.29. The van der Waals surface area contributed by atoms with Crippen molar-refractivity contribution in [2.24, 2.45) is 5.41 Å². The Morgan fingerprint density at radius 2 is 2.17 bits per heavy atom. The predicted molar refractivity (Wildman–Crippen MR) is 67.2 cm³/mol. The molecule has 0 fully saturated rings. The van der Waals surface area contributed by atoms with Crippen molar-refractivity contribution in [3.63, 3.8) is 0 Å². The minimum atomic E-state index is -0.991. The fraction of sp³-hybridized carbons (Fsp3) is 0.357. The smallest absolute Gasteiger partial charge is 0.327 e. The molecule has 3 nitrogen and oxygen atoms in total. The number of aliphatic carboxylic acids is 1. The van der Waals surface area contributed by atoms with E-state index in [0.29, 0.717) is 12.2 Å². The van der Waals surface area contributed by atoms with Gasteiger partial charge in [-0.1, -0.05) is 19.9 Å². The normalized spacial score (nSPS) is 11.8. The monoisotopic (exact) mass is 252 g/mol. The lowest BCUT2D eigenvalue weighted by molar-refractivity contribution is -0.131. The Hall–Kier alpha value is -1.84. The SMILES string of the molecule is COc1ccc(F)cc1CC(C)(C)/C=C/C(=O)O. The van der Waals surface area contributed by atoms with Crippen LogP contribution in [-0.2, 0) is 11.2 Å². The number of methoxy groups -OCH3 is 1. The second-order valence-electron chi connectivity index (χ2n) is 4.79. The maximum atomic E-state index is 13.2. The average Bonchev–Trinajstić information content (AvgIpc) is 2.26. The molecule has 98 valence electrons. The third-order valence-corrected chi connectivity index (χ3v) is 2.57. The van der Waals surface area contributed by atoms with Crippen LogP contribution in [0.3, 0.4) is 0 Å².